The largest absolute Gasteiger partial charge is 0.388 e. The van der Waals surface area contributed by atoms with E-state index in [9.17, 15) is 5.11 Å². The number of benzene rings is 1. The van der Waals surface area contributed by atoms with Gasteiger partial charge in [-0.3, -0.25) is 0 Å². The zero-order chi connectivity index (χ0) is 14.6. The fourth-order valence-corrected chi connectivity index (χ4v) is 2.32. The lowest BCUT2D eigenvalue weighted by atomic mass is 9.83. The quantitative estimate of drug-likeness (QED) is 0.872. The van der Waals surface area contributed by atoms with Crippen molar-refractivity contribution >= 4 is 0 Å². The molecule has 5 nitrogen and oxygen atoms in total. The summed E-state index contributed by atoms with van der Waals surface area (Å²) in [6.45, 7) is 5.28. The highest BCUT2D eigenvalue weighted by atomic mass is 16.5. The van der Waals surface area contributed by atoms with Crippen molar-refractivity contribution in [2.24, 2.45) is 0 Å². The van der Waals surface area contributed by atoms with Crippen LogP contribution in [0.3, 0.4) is 0 Å². The van der Waals surface area contributed by atoms with Crippen LogP contribution >= 0.6 is 0 Å². The van der Waals surface area contributed by atoms with E-state index in [4.69, 9.17) is 4.74 Å². The Morgan fingerprint density at radius 3 is 2.50 bits per heavy atom. The van der Waals surface area contributed by atoms with E-state index >= 15 is 0 Å². The van der Waals surface area contributed by atoms with Gasteiger partial charge in [-0.2, -0.15) is 0 Å². The Balaban J connectivity index is 2.43. The highest BCUT2D eigenvalue weighted by molar-refractivity contribution is 5.31. The molecule has 0 fully saturated rings. The first-order chi connectivity index (χ1) is 9.61. The second-order valence-corrected chi connectivity index (χ2v) is 5.23. The van der Waals surface area contributed by atoms with Crippen LogP contribution in [0.15, 0.2) is 30.3 Å². The Morgan fingerprint density at radius 1 is 1.20 bits per heavy atom. The highest BCUT2D eigenvalue weighted by Gasteiger charge is 2.30. The van der Waals surface area contributed by atoms with Crippen LogP contribution in [0.4, 0.5) is 0 Å². The third kappa shape index (κ3) is 2.73. The maximum atomic E-state index is 9.40. The molecule has 0 aliphatic carbocycles. The number of hydrogen-bond acceptors (Lipinski definition) is 4. The average molecular weight is 275 g/mol. The third-order valence-electron chi connectivity index (χ3n) is 3.54. The van der Waals surface area contributed by atoms with E-state index in [2.05, 4.69) is 36.2 Å². The van der Waals surface area contributed by atoms with Gasteiger partial charge in [0.15, 0.2) is 5.82 Å². The zero-order valence-corrected chi connectivity index (χ0v) is 12.2. The lowest BCUT2D eigenvalue weighted by molar-refractivity contribution is 0.180. The number of hydrogen-bond donors (Lipinski definition) is 1. The number of aromatic nitrogens is 3. The number of nitrogens with zero attached hydrogens (tertiary/aromatic N) is 3. The summed E-state index contributed by atoms with van der Waals surface area (Å²) in [5.41, 5.74) is 0.880. The lowest BCUT2D eigenvalue weighted by Crippen LogP contribution is -2.26. The molecule has 0 saturated carbocycles. The van der Waals surface area contributed by atoms with Gasteiger partial charge in [0.05, 0.1) is 6.61 Å². The number of methoxy groups -OCH3 is 1. The van der Waals surface area contributed by atoms with Crippen molar-refractivity contribution in [2.45, 2.75) is 32.4 Å². The highest BCUT2D eigenvalue weighted by Crippen LogP contribution is 2.30. The zero-order valence-electron chi connectivity index (χ0n) is 12.2. The summed E-state index contributed by atoms with van der Waals surface area (Å²) in [4.78, 5) is 0. The molecule has 1 aromatic carbocycles. The van der Waals surface area contributed by atoms with Gasteiger partial charge < -0.3 is 14.4 Å². The summed E-state index contributed by atoms with van der Waals surface area (Å²) in [5.74, 6) is 1.41. The standard InChI is InChI=1S/C15H21N3O2/c1-15(2,12-7-5-4-6-8-12)14-17-16-13(11-19)18(14)9-10-20-3/h4-8,19H,9-11H2,1-3H3. The molecule has 0 saturated heterocycles. The molecule has 1 N–H and O–H groups in total. The molecule has 0 aliphatic heterocycles. The lowest BCUT2D eigenvalue weighted by Gasteiger charge is -2.25. The molecule has 0 radical (unpaired) electrons. The summed E-state index contributed by atoms with van der Waals surface area (Å²) in [5, 5.41) is 17.8. The maximum Gasteiger partial charge on any atom is 0.158 e. The molecule has 0 unspecified atom stereocenters. The minimum Gasteiger partial charge on any atom is -0.388 e. The smallest absolute Gasteiger partial charge is 0.158 e. The molecule has 0 spiro atoms. The Labute approximate surface area is 119 Å². The third-order valence-corrected chi connectivity index (χ3v) is 3.54. The van der Waals surface area contributed by atoms with Gasteiger partial charge in [0.25, 0.3) is 0 Å². The average Bonchev–Trinajstić information content (AvgIpc) is 2.89. The van der Waals surface area contributed by atoms with E-state index in [0.29, 0.717) is 19.0 Å². The second-order valence-electron chi connectivity index (χ2n) is 5.23. The minimum atomic E-state index is -0.282. The van der Waals surface area contributed by atoms with Crippen molar-refractivity contribution in [3.05, 3.63) is 47.5 Å². The molecule has 1 heterocycles. The molecule has 5 heteroatoms. The number of ether oxygens (including phenoxy) is 1. The topological polar surface area (TPSA) is 60.2 Å². The molecule has 1 aromatic heterocycles. The van der Waals surface area contributed by atoms with Crippen LogP contribution in [-0.4, -0.2) is 33.6 Å². The molecule has 20 heavy (non-hydrogen) atoms. The van der Waals surface area contributed by atoms with Crippen LogP contribution in [0.1, 0.15) is 31.1 Å². The van der Waals surface area contributed by atoms with Gasteiger partial charge in [-0.1, -0.05) is 30.3 Å². The van der Waals surface area contributed by atoms with Gasteiger partial charge in [0.1, 0.15) is 12.4 Å². The second kappa shape index (κ2) is 6.15. The molecule has 0 bridgehead atoms. The predicted molar refractivity (Wildman–Crippen MR) is 76.4 cm³/mol. The molecule has 0 amide bonds. The van der Waals surface area contributed by atoms with Crippen molar-refractivity contribution in [1.29, 1.82) is 0 Å². The van der Waals surface area contributed by atoms with Crippen LogP contribution in [0.5, 0.6) is 0 Å². The molecule has 2 aromatic rings. The molecule has 0 aliphatic rings. The summed E-state index contributed by atoms with van der Waals surface area (Å²) in [6, 6.07) is 10.2. The number of aliphatic hydroxyl groups excluding tert-OH is 1. The van der Waals surface area contributed by atoms with E-state index in [1.165, 1.54) is 0 Å². The van der Waals surface area contributed by atoms with Crippen LogP contribution in [0.25, 0.3) is 0 Å². The van der Waals surface area contributed by atoms with Crippen LogP contribution in [0, 0.1) is 0 Å². The maximum absolute atomic E-state index is 9.40. The normalized spacial score (nSPS) is 11.8. The molecule has 2 rings (SSSR count). The SMILES string of the molecule is COCCn1c(CO)nnc1C(C)(C)c1ccccc1. The van der Waals surface area contributed by atoms with Crippen LogP contribution in [0.2, 0.25) is 0 Å². The van der Waals surface area contributed by atoms with Gasteiger partial charge in [-0.15, -0.1) is 10.2 Å². The Morgan fingerprint density at radius 2 is 1.90 bits per heavy atom. The van der Waals surface area contributed by atoms with Gasteiger partial charge in [-0.25, -0.2) is 0 Å². The number of rotatable bonds is 6. The Bertz CT molecular complexity index is 550. The Kier molecular flexibility index (Phi) is 4.52. The van der Waals surface area contributed by atoms with E-state index < -0.39 is 0 Å². The molecular formula is C15H21N3O2. The first kappa shape index (κ1) is 14.7. The van der Waals surface area contributed by atoms with Gasteiger partial charge >= 0.3 is 0 Å². The van der Waals surface area contributed by atoms with Gasteiger partial charge in [0, 0.05) is 19.1 Å². The van der Waals surface area contributed by atoms with E-state index in [0.717, 1.165) is 11.4 Å². The summed E-state index contributed by atoms with van der Waals surface area (Å²) in [6.07, 6.45) is 0. The molecule has 0 atom stereocenters. The summed E-state index contributed by atoms with van der Waals surface area (Å²) >= 11 is 0. The van der Waals surface area contributed by atoms with Crippen LogP contribution < -0.4 is 0 Å². The minimum absolute atomic E-state index is 0.123. The summed E-state index contributed by atoms with van der Waals surface area (Å²) in [7, 11) is 1.66. The van der Waals surface area contributed by atoms with E-state index in [1.807, 2.05) is 22.8 Å². The Hall–Kier alpha value is -1.72. The van der Waals surface area contributed by atoms with Crippen molar-refractivity contribution in [3.63, 3.8) is 0 Å². The van der Waals surface area contributed by atoms with Gasteiger partial charge in [0.2, 0.25) is 0 Å². The molecular weight excluding hydrogens is 254 g/mol. The van der Waals surface area contributed by atoms with Crippen molar-refractivity contribution in [2.75, 3.05) is 13.7 Å². The van der Waals surface area contributed by atoms with Gasteiger partial charge in [-0.05, 0) is 19.4 Å². The summed E-state index contributed by atoms with van der Waals surface area (Å²) < 4.78 is 7.07. The van der Waals surface area contributed by atoms with Crippen molar-refractivity contribution in [3.8, 4) is 0 Å². The van der Waals surface area contributed by atoms with E-state index in [-0.39, 0.29) is 12.0 Å². The van der Waals surface area contributed by atoms with Crippen LogP contribution in [-0.2, 0) is 23.3 Å². The van der Waals surface area contributed by atoms with Crippen molar-refractivity contribution in [1.82, 2.24) is 14.8 Å². The fourth-order valence-electron chi connectivity index (χ4n) is 2.32. The number of aliphatic hydroxyl groups is 1. The first-order valence-corrected chi connectivity index (χ1v) is 6.69. The fraction of sp³-hybridized carbons (Fsp3) is 0.467. The molecule has 108 valence electrons. The monoisotopic (exact) mass is 275 g/mol. The first-order valence-electron chi connectivity index (χ1n) is 6.69. The van der Waals surface area contributed by atoms with Crippen molar-refractivity contribution < 1.29 is 9.84 Å². The van der Waals surface area contributed by atoms with E-state index in [1.54, 1.807) is 7.11 Å². The predicted octanol–water partition coefficient (Wildman–Crippen LogP) is 1.74.